The van der Waals surface area contributed by atoms with E-state index in [0.29, 0.717) is 0 Å². The molecule has 0 amide bonds. The summed E-state index contributed by atoms with van der Waals surface area (Å²) in [7, 11) is 0. The second-order valence-corrected chi connectivity index (χ2v) is 6.11. The van der Waals surface area contributed by atoms with Crippen LogP contribution in [0.3, 0.4) is 0 Å². The number of hydrogen-bond acceptors (Lipinski definition) is 1. The van der Waals surface area contributed by atoms with Gasteiger partial charge in [-0.15, -0.1) is 0 Å². The Kier molecular flexibility index (Phi) is 4.05. The predicted octanol–water partition coefficient (Wildman–Crippen LogP) is 6.27. The van der Waals surface area contributed by atoms with Gasteiger partial charge in [-0.3, -0.25) is 0 Å². The van der Waals surface area contributed by atoms with Crippen LogP contribution in [0.2, 0.25) is 0 Å². The van der Waals surface area contributed by atoms with Gasteiger partial charge in [0.25, 0.3) is 0 Å². The summed E-state index contributed by atoms with van der Waals surface area (Å²) in [5, 5.41) is 0. The summed E-state index contributed by atoms with van der Waals surface area (Å²) in [6, 6.07) is 35.6. The van der Waals surface area contributed by atoms with Gasteiger partial charge in [0, 0.05) is 11.3 Å². The van der Waals surface area contributed by atoms with Crippen molar-refractivity contribution in [3.8, 4) is 33.4 Å². The second-order valence-electron chi connectivity index (χ2n) is 6.11. The lowest BCUT2D eigenvalue weighted by atomic mass is 9.95. The monoisotopic (exact) mass is 321 g/mol. The molecule has 4 aromatic rings. The molecular formula is C24H19N. The first kappa shape index (κ1) is 15.2. The number of hydrogen-bond donors (Lipinski definition) is 1. The fraction of sp³-hybridized carbons (Fsp3) is 0. The molecule has 4 rings (SSSR count). The highest BCUT2D eigenvalue weighted by atomic mass is 14.6. The van der Waals surface area contributed by atoms with Gasteiger partial charge >= 0.3 is 0 Å². The van der Waals surface area contributed by atoms with Gasteiger partial charge in [0.2, 0.25) is 0 Å². The maximum atomic E-state index is 6.22. The van der Waals surface area contributed by atoms with E-state index < -0.39 is 0 Å². The van der Waals surface area contributed by atoms with Crippen molar-refractivity contribution in [1.29, 1.82) is 0 Å². The molecule has 0 aliphatic heterocycles. The molecule has 2 N–H and O–H groups in total. The maximum absolute atomic E-state index is 6.22. The van der Waals surface area contributed by atoms with Crippen molar-refractivity contribution in [3.63, 3.8) is 0 Å². The van der Waals surface area contributed by atoms with E-state index in [9.17, 15) is 0 Å². The van der Waals surface area contributed by atoms with E-state index in [1.807, 2.05) is 30.3 Å². The molecule has 0 fully saturated rings. The van der Waals surface area contributed by atoms with Crippen LogP contribution in [0.4, 0.5) is 5.69 Å². The molecule has 0 unspecified atom stereocenters. The Morgan fingerprint density at radius 2 is 0.920 bits per heavy atom. The molecular weight excluding hydrogens is 302 g/mol. The number of anilines is 1. The van der Waals surface area contributed by atoms with E-state index in [1.165, 1.54) is 22.3 Å². The van der Waals surface area contributed by atoms with Crippen LogP contribution < -0.4 is 5.73 Å². The Bertz CT molecular complexity index is 989. The number of nitrogen functional groups attached to an aromatic ring is 1. The molecule has 0 heterocycles. The van der Waals surface area contributed by atoms with Gasteiger partial charge < -0.3 is 5.73 Å². The third kappa shape index (κ3) is 3.17. The fourth-order valence-electron chi connectivity index (χ4n) is 3.11. The van der Waals surface area contributed by atoms with E-state index >= 15 is 0 Å². The predicted molar refractivity (Wildman–Crippen MR) is 107 cm³/mol. The van der Waals surface area contributed by atoms with Crippen LogP contribution in [0.25, 0.3) is 33.4 Å². The molecule has 120 valence electrons. The van der Waals surface area contributed by atoms with Crippen LogP contribution >= 0.6 is 0 Å². The van der Waals surface area contributed by atoms with Gasteiger partial charge in [0.15, 0.2) is 0 Å². The third-order valence-corrected chi connectivity index (χ3v) is 4.44. The van der Waals surface area contributed by atoms with Crippen LogP contribution in [-0.4, -0.2) is 0 Å². The molecule has 0 spiro atoms. The molecule has 25 heavy (non-hydrogen) atoms. The van der Waals surface area contributed by atoms with Crippen LogP contribution in [0, 0.1) is 0 Å². The molecule has 0 aliphatic carbocycles. The smallest absolute Gasteiger partial charge is 0.0394 e. The third-order valence-electron chi connectivity index (χ3n) is 4.44. The topological polar surface area (TPSA) is 26.0 Å². The molecule has 1 nitrogen and oxygen atoms in total. The fourth-order valence-corrected chi connectivity index (χ4v) is 3.11. The number of benzene rings is 4. The summed E-state index contributed by atoms with van der Waals surface area (Å²) < 4.78 is 0. The van der Waals surface area contributed by atoms with Crippen LogP contribution in [0.15, 0.2) is 103 Å². The van der Waals surface area contributed by atoms with Crippen LogP contribution in [-0.2, 0) is 0 Å². The summed E-state index contributed by atoms with van der Waals surface area (Å²) in [6.07, 6.45) is 0. The molecule has 0 saturated heterocycles. The first-order valence-corrected chi connectivity index (χ1v) is 8.42. The van der Waals surface area contributed by atoms with E-state index in [4.69, 9.17) is 5.73 Å². The zero-order chi connectivity index (χ0) is 17.1. The summed E-state index contributed by atoms with van der Waals surface area (Å²) in [5.41, 5.74) is 14.0. The Morgan fingerprint density at radius 3 is 1.60 bits per heavy atom. The zero-order valence-corrected chi connectivity index (χ0v) is 13.9. The van der Waals surface area contributed by atoms with E-state index in [-0.39, 0.29) is 0 Å². The minimum Gasteiger partial charge on any atom is -0.398 e. The zero-order valence-electron chi connectivity index (χ0n) is 13.9. The van der Waals surface area contributed by atoms with Crippen molar-refractivity contribution in [2.24, 2.45) is 0 Å². The SMILES string of the molecule is Nc1ccc(-c2cccc(-c3ccccc3)c2)cc1-c1ccccc1. The lowest BCUT2D eigenvalue weighted by molar-refractivity contribution is 1.57. The van der Waals surface area contributed by atoms with Crippen molar-refractivity contribution < 1.29 is 0 Å². The Hall–Kier alpha value is -3.32. The average molecular weight is 321 g/mol. The lowest BCUT2D eigenvalue weighted by Crippen LogP contribution is -1.91. The van der Waals surface area contributed by atoms with Gasteiger partial charge in [0.1, 0.15) is 0 Å². The van der Waals surface area contributed by atoms with E-state index in [2.05, 4.69) is 72.8 Å². The summed E-state index contributed by atoms with van der Waals surface area (Å²) in [4.78, 5) is 0. The van der Waals surface area contributed by atoms with Gasteiger partial charge in [-0.25, -0.2) is 0 Å². The maximum Gasteiger partial charge on any atom is 0.0394 e. The summed E-state index contributed by atoms with van der Waals surface area (Å²) >= 11 is 0. The van der Waals surface area contributed by atoms with Crippen LogP contribution in [0.5, 0.6) is 0 Å². The Balaban J connectivity index is 1.78. The molecule has 0 aliphatic rings. The Labute approximate surface area is 148 Å². The molecule has 0 radical (unpaired) electrons. The van der Waals surface area contributed by atoms with Crippen molar-refractivity contribution in [2.45, 2.75) is 0 Å². The number of rotatable bonds is 3. The lowest BCUT2D eigenvalue weighted by Gasteiger charge is -2.11. The van der Waals surface area contributed by atoms with Crippen molar-refractivity contribution in [2.75, 3.05) is 5.73 Å². The Morgan fingerprint density at radius 1 is 0.400 bits per heavy atom. The van der Waals surface area contributed by atoms with Crippen molar-refractivity contribution in [1.82, 2.24) is 0 Å². The van der Waals surface area contributed by atoms with Crippen molar-refractivity contribution in [3.05, 3.63) is 103 Å². The quantitative estimate of drug-likeness (QED) is 0.442. The summed E-state index contributed by atoms with van der Waals surface area (Å²) in [6.45, 7) is 0. The van der Waals surface area contributed by atoms with E-state index in [0.717, 1.165) is 16.8 Å². The highest BCUT2D eigenvalue weighted by molar-refractivity contribution is 5.83. The second kappa shape index (κ2) is 6.66. The van der Waals surface area contributed by atoms with Crippen LogP contribution in [0.1, 0.15) is 0 Å². The van der Waals surface area contributed by atoms with Crippen molar-refractivity contribution >= 4 is 5.69 Å². The largest absolute Gasteiger partial charge is 0.398 e. The standard InChI is InChI=1S/C24H19N/c25-24-15-14-22(17-23(24)19-10-5-2-6-11-19)21-13-7-12-20(16-21)18-8-3-1-4-9-18/h1-17H,25H2. The first-order valence-electron chi connectivity index (χ1n) is 8.42. The molecule has 0 saturated carbocycles. The molecule has 0 bridgehead atoms. The molecule has 0 atom stereocenters. The highest BCUT2D eigenvalue weighted by Crippen LogP contribution is 2.32. The first-order chi connectivity index (χ1) is 12.3. The van der Waals surface area contributed by atoms with Gasteiger partial charge in [-0.2, -0.15) is 0 Å². The highest BCUT2D eigenvalue weighted by Gasteiger charge is 2.06. The average Bonchev–Trinajstić information content (AvgIpc) is 2.70. The minimum atomic E-state index is 0.800. The number of nitrogens with two attached hydrogens (primary N) is 1. The normalized spacial score (nSPS) is 10.6. The van der Waals surface area contributed by atoms with Gasteiger partial charge in [-0.05, 0) is 46.0 Å². The summed E-state index contributed by atoms with van der Waals surface area (Å²) in [5.74, 6) is 0. The van der Waals surface area contributed by atoms with E-state index in [1.54, 1.807) is 0 Å². The molecule has 0 aromatic heterocycles. The van der Waals surface area contributed by atoms with Gasteiger partial charge in [-0.1, -0.05) is 84.9 Å². The minimum absolute atomic E-state index is 0.800. The molecule has 1 heteroatoms. The molecule has 4 aromatic carbocycles. The van der Waals surface area contributed by atoms with Gasteiger partial charge in [0.05, 0.1) is 0 Å².